The number of hydrogen-bond donors (Lipinski definition) is 1. The van der Waals surface area contributed by atoms with Crippen molar-refractivity contribution in [2.75, 3.05) is 11.4 Å². The fraction of sp³-hybridized carbons (Fsp3) is 0.188. The lowest BCUT2D eigenvalue weighted by molar-refractivity contribution is 0.317. The molecule has 0 radical (unpaired) electrons. The van der Waals surface area contributed by atoms with E-state index in [0.29, 0.717) is 35.8 Å². The molecule has 1 aliphatic rings. The quantitative estimate of drug-likeness (QED) is 0.670. The fourth-order valence-electron chi connectivity index (χ4n) is 2.63. The van der Waals surface area contributed by atoms with Gasteiger partial charge in [-0.05, 0) is 18.2 Å². The van der Waals surface area contributed by atoms with E-state index in [4.69, 9.17) is 16.8 Å². The molecule has 3 nitrogen and oxygen atoms in total. The summed E-state index contributed by atoms with van der Waals surface area (Å²) in [6.45, 7) is 1.04. The second kappa shape index (κ2) is 5.74. The molecule has 108 valence electrons. The molecule has 1 N–H and O–H groups in total. The van der Waals surface area contributed by atoms with Gasteiger partial charge in [0.1, 0.15) is 5.82 Å². The lowest BCUT2D eigenvalue weighted by atomic mass is 9.99. The van der Waals surface area contributed by atoms with E-state index < -0.39 is 0 Å². The molecule has 0 saturated carbocycles. The lowest BCUT2D eigenvalue weighted by Crippen LogP contribution is -2.32. The summed E-state index contributed by atoms with van der Waals surface area (Å²) in [4.78, 5) is 2.05. The molecule has 0 aromatic heterocycles. The van der Waals surface area contributed by atoms with E-state index in [2.05, 4.69) is 5.16 Å². The first-order chi connectivity index (χ1) is 10.2. The first kappa shape index (κ1) is 13.9. The van der Waals surface area contributed by atoms with Crippen molar-refractivity contribution < 1.29 is 9.60 Å². The molecule has 2 aromatic rings. The van der Waals surface area contributed by atoms with Crippen LogP contribution in [0, 0.1) is 5.82 Å². The van der Waals surface area contributed by atoms with Crippen LogP contribution in [0.4, 0.5) is 10.1 Å². The summed E-state index contributed by atoms with van der Waals surface area (Å²) in [6.07, 6.45) is 0.611. The van der Waals surface area contributed by atoms with Gasteiger partial charge in [-0.25, -0.2) is 4.39 Å². The Morgan fingerprint density at radius 1 is 1.19 bits per heavy atom. The Morgan fingerprint density at radius 2 is 2.00 bits per heavy atom. The second-order valence-electron chi connectivity index (χ2n) is 4.94. The van der Waals surface area contributed by atoms with Gasteiger partial charge in [-0.1, -0.05) is 41.0 Å². The molecule has 3 rings (SSSR count). The predicted molar refractivity (Wildman–Crippen MR) is 81.8 cm³/mol. The average Bonchev–Trinajstić information content (AvgIpc) is 2.51. The second-order valence-corrected chi connectivity index (χ2v) is 5.34. The normalized spacial score (nSPS) is 16.1. The van der Waals surface area contributed by atoms with E-state index in [1.165, 1.54) is 6.07 Å². The maximum atomic E-state index is 13.9. The molecule has 21 heavy (non-hydrogen) atoms. The highest BCUT2D eigenvalue weighted by Gasteiger charge is 2.23. The van der Waals surface area contributed by atoms with E-state index in [1.54, 1.807) is 12.1 Å². The van der Waals surface area contributed by atoms with Crippen LogP contribution < -0.4 is 4.90 Å². The predicted octanol–water partition coefficient (Wildman–Crippen LogP) is 4.07. The Hall–Kier alpha value is -2.07. The number of halogens is 2. The van der Waals surface area contributed by atoms with Crippen LogP contribution in [0.3, 0.4) is 0 Å². The molecule has 1 heterocycles. The first-order valence-corrected chi connectivity index (χ1v) is 7.06. The molecule has 0 spiro atoms. The van der Waals surface area contributed by atoms with Crippen molar-refractivity contribution in [3.8, 4) is 0 Å². The zero-order valence-electron chi connectivity index (χ0n) is 11.3. The van der Waals surface area contributed by atoms with Crippen LogP contribution in [0.1, 0.15) is 17.5 Å². The van der Waals surface area contributed by atoms with Gasteiger partial charge in [-0.3, -0.25) is 0 Å². The van der Waals surface area contributed by atoms with Crippen molar-refractivity contribution in [2.45, 2.75) is 13.0 Å². The zero-order valence-corrected chi connectivity index (χ0v) is 12.0. The monoisotopic (exact) mass is 304 g/mol. The van der Waals surface area contributed by atoms with Gasteiger partial charge in [-0.15, -0.1) is 0 Å². The number of para-hydroxylation sites is 1. The number of anilines is 1. The Bertz CT molecular complexity index is 682. The number of nitrogens with zero attached hydrogens (tertiary/aromatic N) is 2. The summed E-state index contributed by atoms with van der Waals surface area (Å²) in [5, 5.41) is 12.9. The summed E-state index contributed by atoms with van der Waals surface area (Å²) >= 11 is 6.10. The zero-order chi connectivity index (χ0) is 14.8. The highest BCUT2D eigenvalue weighted by Crippen LogP contribution is 2.30. The average molecular weight is 305 g/mol. The number of fused-ring (bicyclic) bond motifs is 1. The molecule has 0 bridgehead atoms. The topological polar surface area (TPSA) is 35.8 Å². The molecule has 0 fully saturated rings. The minimum atomic E-state index is -0.304. The molecule has 0 unspecified atom stereocenters. The van der Waals surface area contributed by atoms with Crippen LogP contribution in [0.2, 0.25) is 5.02 Å². The maximum Gasteiger partial charge on any atom is 0.129 e. The largest absolute Gasteiger partial charge is 0.411 e. The molecule has 2 aromatic carbocycles. The number of rotatable bonds is 2. The molecule has 1 aliphatic heterocycles. The standard InChI is InChI=1S/C16H14ClFN2O/c17-13-5-3-6-14(18)12(13)10-20-9-8-15(19-21)11-4-1-2-7-16(11)20/h1-7,21H,8-10H2. The third kappa shape index (κ3) is 2.59. The van der Waals surface area contributed by atoms with Crippen molar-refractivity contribution in [3.05, 3.63) is 64.4 Å². The molecule has 0 saturated heterocycles. The van der Waals surface area contributed by atoms with Gasteiger partial charge in [0.05, 0.1) is 5.71 Å². The number of benzene rings is 2. The van der Waals surface area contributed by atoms with Crippen LogP contribution in [-0.4, -0.2) is 17.5 Å². The Morgan fingerprint density at radius 3 is 2.76 bits per heavy atom. The Balaban J connectivity index is 1.98. The highest BCUT2D eigenvalue weighted by atomic mass is 35.5. The number of hydrogen-bond acceptors (Lipinski definition) is 3. The SMILES string of the molecule is ON=C1CCN(Cc2c(F)cccc2Cl)c2ccccc21. The summed E-state index contributed by atoms with van der Waals surface area (Å²) in [5.41, 5.74) is 2.94. The lowest BCUT2D eigenvalue weighted by Gasteiger charge is -2.31. The maximum absolute atomic E-state index is 13.9. The van der Waals surface area contributed by atoms with Gasteiger partial charge in [0.15, 0.2) is 0 Å². The Labute approximate surface area is 127 Å². The van der Waals surface area contributed by atoms with Crippen molar-refractivity contribution in [3.63, 3.8) is 0 Å². The summed E-state index contributed by atoms with van der Waals surface area (Å²) in [6, 6.07) is 12.3. The van der Waals surface area contributed by atoms with Gasteiger partial charge in [-0.2, -0.15) is 0 Å². The van der Waals surface area contributed by atoms with Gasteiger partial charge in [0, 0.05) is 41.3 Å². The van der Waals surface area contributed by atoms with Gasteiger partial charge >= 0.3 is 0 Å². The van der Waals surface area contributed by atoms with E-state index in [0.717, 1.165) is 11.3 Å². The van der Waals surface area contributed by atoms with Crippen LogP contribution >= 0.6 is 11.6 Å². The molecule has 5 heteroatoms. The number of oxime groups is 1. The van der Waals surface area contributed by atoms with E-state index >= 15 is 0 Å². The molecule has 0 aliphatic carbocycles. The van der Waals surface area contributed by atoms with Crippen LogP contribution in [0.5, 0.6) is 0 Å². The fourth-order valence-corrected chi connectivity index (χ4v) is 2.85. The smallest absolute Gasteiger partial charge is 0.129 e. The highest BCUT2D eigenvalue weighted by molar-refractivity contribution is 6.31. The summed E-state index contributed by atoms with van der Waals surface area (Å²) in [7, 11) is 0. The van der Waals surface area contributed by atoms with Crippen molar-refractivity contribution in [1.82, 2.24) is 0 Å². The van der Waals surface area contributed by atoms with E-state index in [-0.39, 0.29) is 5.82 Å². The van der Waals surface area contributed by atoms with Gasteiger partial charge < -0.3 is 10.1 Å². The van der Waals surface area contributed by atoms with Crippen molar-refractivity contribution >= 4 is 23.0 Å². The van der Waals surface area contributed by atoms with Gasteiger partial charge in [0.2, 0.25) is 0 Å². The minimum absolute atomic E-state index is 0.304. The third-order valence-corrected chi connectivity index (χ3v) is 4.06. The summed E-state index contributed by atoms with van der Waals surface area (Å²) in [5.74, 6) is -0.304. The van der Waals surface area contributed by atoms with Gasteiger partial charge in [0.25, 0.3) is 0 Å². The molecular formula is C16H14ClFN2O. The van der Waals surface area contributed by atoms with Crippen LogP contribution in [0.25, 0.3) is 0 Å². The summed E-state index contributed by atoms with van der Waals surface area (Å²) < 4.78 is 13.9. The molecule has 0 atom stereocenters. The molecule has 0 amide bonds. The van der Waals surface area contributed by atoms with Crippen LogP contribution in [-0.2, 0) is 6.54 Å². The van der Waals surface area contributed by atoms with Crippen molar-refractivity contribution in [2.24, 2.45) is 5.16 Å². The van der Waals surface area contributed by atoms with E-state index in [9.17, 15) is 4.39 Å². The Kier molecular flexibility index (Phi) is 3.80. The third-order valence-electron chi connectivity index (χ3n) is 3.71. The van der Waals surface area contributed by atoms with Crippen LogP contribution in [0.15, 0.2) is 47.6 Å². The first-order valence-electron chi connectivity index (χ1n) is 6.69. The van der Waals surface area contributed by atoms with E-state index in [1.807, 2.05) is 29.2 Å². The van der Waals surface area contributed by atoms with Crippen molar-refractivity contribution in [1.29, 1.82) is 0 Å². The minimum Gasteiger partial charge on any atom is -0.411 e. The molecular weight excluding hydrogens is 291 g/mol.